The van der Waals surface area contributed by atoms with Gasteiger partial charge in [0.05, 0.1) is 12.3 Å². The largest absolute Gasteiger partial charge is 0.481 e. The second-order valence-electron chi connectivity index (χ2n) is 4.65. The highest BCUT2D eigenvalue weighted by atomic mass is 16.4. The van der Waals surface area contributed by atoms with Crippen molar-refractivity contribution in [1.29, 1.82) is 0 Å². The maximum atomic E-state index is 11.3. The van der Waals surface area contributed by atoms with Crippen LogP contribution in [-0.4, -0.2) is 22.2 Å². The van der Waals surface area contributed by atoms with E-state index in [4.69, 9.17) is 5.11 Å². The summed E-state index contributed by atoms with van der Waals surface area (Å²) in [5, 5.41) is 18.1. The van der Waals surface area contributed by atoms with E-state index in [2.05, 4.69) is 0 Å². The molecular formula is C13H22O4. The predicted molar refractivity (Wildman–Crippen MR) is 65.8 cm³/mol. The van der Waals surface area contributed by atoms with Gasteiger partial charge in [-0.05, 0) is 26.7 Å². The maximum absolute atomic E-state index is 11.3. The van der Waals surface area contributed by atoms with Crippen molar-refractivity contribution in [2.24, 2.45) is 11.3 Å². The first-order chi connectivity index (χ1) is 7.79. The topological polar surface area (TPSA) is 74.6 Å². The molecule has 0 aromatic rings. The Labute approximate surface area is 102 Å². The number of carboxylic acid groups (broad SMARTS) is 2. The van der Waals surface area contributed by atoms with Crippen LogP contribution in [0.5, 0.6) is 0 Å². The molecule has 0 amide bonds. The van der Waals surface area contributed by atoms with E-state index in [9.17, 15) is 14.7 Å². The van der Waals surface area contributed by atoms with Gasteiger partial charge in [-0.1, -0.05) is 25.5 Å². The number of carbonyl (C=O) groups is 2. The van der Waals surface area contributed by atoms with Gasteiger partial charge < -0.3 is 10.2 Å². The molecule has 0 saturated carbocycles. The zero-order valence-electron chi connectivity index (χ0n) is 11.0. The minimum atomic E-state index is -1.06. The van der Waals surface area contributed by atoms with E-state index in [1.54, 1.807) is 0 Å². The van der Waals surface area contributed by atoms with Crippen LogP contribution >= 0.6 is 0 Å². The molecule has 0 radical (unpaired) electrons. The van der Waals surface area contributed by atoms with Crippen molar-refractivity contribution in [1.82, 2.24) is 0 Å². The molecule has 0 aromatic carbocycles. The molecule has 0 aliphatic carbocycles. The van der Waals surface area contributed by atoms with Crippen LogP contribution < -0.4 is 0 Å². The number of carboxylic acids is 2. The Bertz CT molecular complexity index is 309. The van der Waals surface area contributed by atoms with Crippen LogP contribution in [0.15, 0.2) is 11.6 Å². The standard InChI is InChI=1S/C13H22O4/c1-5-13(6-2,8-9(3)4)10(12(16)17)7-11(14)15/h8,10H,5-7H2,1-4H3,(H,14,15)(H,16,17). The molecule has 1 unspecified atom stereocenters. The van der Waals surface area contributed by atoms with Crippen molar-refractivity contribution in [3.8, 4) is 0 Å². The second kappa shape index (κ2) is 6.42. The molecule has 2 N–H and O–H groups in total. The molecule has 0 aromatic heterocycles. The van der Waals surface area contributed by atoms with Gasteiger partial charge in [0.1, 0.15) is 0 Å². The van der Waals surface area contributed by atoms with Gasteiger partial charge in [-0.15, -0.1) is 0 Å². The van der Waals surface area contributed by atoms with E-state index >= 15 is 0 Å². The summed E-state index contributed by atoms with van der Waals surface area (Å²) in [5.41, 5.74) is 0.452. The van der Waals surface area contributed by atoms with Gasteiger partial charge in [-0.25, -0.2) is 0 Å². The monoisotopic (exact) mass is 242 g/mol. The van der Waals surface area contributed by atoms with Crippen molar-refractivity contribution in [2.75, 3.05) is 0 Å². The minimum Gasteiger partial charge on any atom is -0.481 e. The molecule has 17 heavy (non-hydrogen) atoms. The molecule has 4 heteroatoms. The zero-order valence-corrected chi connectivity index (χ0v) is 11.0. The van der Waals surface area contributed by atoms with Crippen molar-refractivity contribution in [3.05, 3.63) is 11.6 Å². The lowest BCUT2D eigenvalue weighted by molar-refractivity contribution is -0.152. The Morgan fingerprint density at radius 2 is 1.65 bits per heavy atom. The summed E-state index contributed by atoms with van der Waals surface area (Å²) in [4.78, 5) is 22.1. The molecule has 0 aliphatic heterocycles. The van der Waals surface area contributed by atoms with Crippen LogP contribution in [0.3, 0.4) is 0 Å². The number of hydrogen-bond donors (Lipinski definition) is 2. The normalized spacial score (nSPS) is 12.9. The average Bonchev–Trinajstić information content (AvgIpc) is 2.22. The first-order valence-electron chi connectivity index (χ1n) is 5.89. The first-order valence-corrected chi connectivity index (χ1v) is 5.89. The van der Waals surface area contributed by atoms with Crippen molar-refractivity contribution >= 4 is 11.9 Å². The third-order valence-corrected chi connectivity index (χ3v) is 3.26. The highest BCUT2D eigenvalue weighted by Gasteiger charge is 2.40. The van der Waals surface area contributed by atoms with Crippen LogP contribution in [0.2, 0.25) is 0 Å². The summed E-state index contributed by atoms with van der Waals surface area (Å²) < 4.78 is 0. The van der Waals surface area contributed by atoms with Gasteiger partial charge in [0.25, 0.3) is 0 Å². The highest BCUT2D eigenvalue weighted by Crippen LogP contribution is 2.40. The molecule has 98 valence electrons. The Morgan fingerprint density at radius 1 is 1.18 bits per heavy atom. The van der Waals surface area contributed by atoms with Crippen molar-refractivity contribution in [2.45, 2.75) is 47.0 Å². The Balaban J connectivity index is 5.43. The molecule has 4 nitrogen and oxygen atoms in total. The molecular weight excluding hydrogens is 220 g/mol. The van der Waals surface area contributed by atoms with E-state index in [1.807, 2.05) is 33.8 Å². The van der Waals surface area contributed by atoms with E-state index in [0.717, 1.165) is 5.57 Å². The summed E-state index contributed by atoms with van der Waals surface area (Å²) in [5.74, 6) is -2.97. The average molecular weight is 242 g/mol. The quantitative estimate of drug-likeness (QED) is 0.673. The van der Waals surface area contributed by atoms with Crippen LogP contribution in [0.4, 0.5) is 0 Å². The zero-order chi connectivity index (χ0) is 13.6. The van der Waals surface area contributed by atoms with Gasteiger partial charge in [-0.2, -0.15) is 0 Å². The summed E-state index contributed by atoms with van der Waals surface area (Å²) in [6, 6.07) is 0. The fraction of sp³-hybridized carbons (Fsp3) is 0.692. The van der Waals surface area contributed by atoms with E-state index in [0.29, 0.717) is 12.8 Å². The Morgan fingerprint density at radius 3 is 1.88 bits per heavy atom. The summed E-state index contributed by atoms with van der Waals surface area (Å²) in [6.45, 7) is 7.61. The molecule has 0 fully saturated rings. The fourth-order valence-electron chi connectivity index (χ4n) is 2.33. The van der Waals surface area contributed by atoms with Crippen LogP contribution in [0, 0.1) is 11.3 Å². The lowest BCUT2D eigenvalue weighted by Gasteiger charge is -2.34. The SMILES string of the molecule is CCC(C=C(C)C)(CC)C(CC(=O)O)C(=O)O. The summed E-state index contributed by atoms with van der Waals surface area (Å²) in [6.07, 6.45) is 2.83. The lowest BCUT2D eigenvalue weighted by atomic mass is 9.69. The molecule has 1 atom stereocenters. The molecule has 0 rings (SSSR count). The van der Waals surface area contributed by atoms with E-state index in [1.165, 1.54) is 0 Å². The minimum absolute atomic E-state index is 0.333. The van der Waals surface area contributed by atoms with E-state index < -0.39 is 23.3 Å². The van der Waals surface area contributed by atoms with Gasteiger partial charge in [-0.3, -0.25) is 9.59 Å². The van der Waals surface area contributed by atoms with Crippen LogP contribution in [0.1, 0.15) is 47.0 Å². The Kier molecular flexibility index (Phi) is 5.93. The molecule has 0 aliphatic rings. The third-order valence-electron chi connectivity index (χ3n) is 3.26. The molecule has 0 saturated heterocycles. The number of hydrogen-bond acceptors (Lipinski definition) is 2. The Hall–Kier alpha value is -1.32. The highest BCUT2D eigenvalue weighted by molar-refractivity contribution is 5.78. The summed E-state index contributed by atoms with van der Waals surface area (Å²) in [7, 11) is 0. The van der Waals surface area contributed by atoms with Crippen molar-refractivity contribution < 1.29 is 19.8 Å². The second-order valence-corrected chi connectivity index (χ2v) is 4.65. The van der Waals surface area contributed by atoms with Crippen LogP contribution in [0.25, 0.3) is 0 Å². The van der Waals surface area contributed by atoms with Crippen molar-refractivity contribution in [3.63, 3.8) is 0 Å². The maximum Gasteiger partial charge on any atom is 0.307 e. The van der Waals surface area contributed by atoms with Gasteiger partial charge in [0, 0.05) is 5.41 Å². The fourth-order valence-corrected chi connectivity index (χ4v) is 2.33. The number of aliphatic carboxylic acids is 2. The van der Waals surface area contributed by atoms with Gasteiger partial charge >= 0.3 is 11.9 Å². The molecule has 0 heterocycles. The third kappa shape index (κ3) is 4.21. The molecule has 0 spiro atoms. The van der Waals surface area contributed by atoms with Gasteiger partial charge in [0.2, 0.25) is 0 Å². The van der Waals surface area contributed by atoms with Gasteiger partial charge in [0.15, 0.2) is 0 Å². The van der Waals surface area contributed by atoms with Crippen LogP contribution in [-0.2, 0) is 9.59 Å². The number of allylic oxidation sites excluding steroid dienone is 2. The summed E-state index contributed by atoms with van der Waals surface area (Å²) >= 11 is 0. The first kappa shape index (κ1) is 15.7. The predicted octanol–water partition coefficient (Wildman–Crippen LogP) is 2.93. The van der Waals surface area contributed by atoms with E-state index in [-0.39, 0.29) is 6.42 Å². The lowest BCUT2D eigenvalue weighted by Crippen LogP contribution is -2.35. The smallest absolute Gasteiger partial charge is 0.307 e. The number of rotatable bonds is 7. The molecule has 0 bridgehead atoms.